The van der Waals surface area contributed by atoms with E-state index in [9.17, 15) is 19.7 Å². The summed E-state index contributed by atoms with van der Waals surface area (Å²) < 4.78 is 17.0. The van der Waals surface area contributed by atoms with Crippen molar-refractivity contribution in [2.75, 3.05) is 26.2 Å². The third-order valence-electron chi connectivity index (χ3n) is 6.34. The minimum absolute atomic E-state index is 0.00403. The summed E-state index contributed by atoms with van der Waals surface area (Å²) in [5.41, 5.74) is 0.636. The average Bonchev–Trinajstić information content (AvgIpc) is 3.13. The SMILES string of the molecule is CCOC(=O)CNCC1CC(O[Si](C)(C)C(C)(C)C)CN1C(=O)OCc1ccc([N+](=O)[O-])cc1. The van der Waals surface area contributed by atoms with Gasteiger partial charge in [0.2, 0.25) is 0 Å². The van der Waals surface area contributed by atoms with E-state index in [-0.39, 0.29) is 42.0 Å². The second kappa shape index (κ2) is 11.8. The zero-order chi connectivity index (χ0) is 25.5. The zero-order valence-corrected chi connectivity index (χ0v) is 22.0. The van der Waals surface area contributed by atoms with Gasteiger partial charge in [0, 0.05) is 25.2 Å². The van der Waals surface area contributed by atoms with E-state index in [0.29, 0.717) is 31.7 Å². The maximum atomic E-state index is 12.9. The van der Waals surface area contributed by atoms with Gasteiger partial charge in [-0.3, -0.25) is 14.9 Å². The number of carbonyl (C=O) groups excluding carboxylic acids is 2. The fourth-order valence-corrected chi connectivity index (χ4v) is 4.82. The second-order valence-corrected chi connectivity index (χ2v) is 14.7. The minimum atomic E-state index is -2.04. The lowest BCUT2D eigenvalue weighted by molar-refractivity contribution is -0.384. The number of amides is 1. The highest BCUT2D eigenvalue weighted by atomic mass is 28.4. The van der Waals surface area contributed by atoms with Crippen LogP contribution in [0.1, 0.15) is 39.7 Å². The van der Waals surface area contributed by atoms with Crippen LogP contribution in [0.2, 0.25) is 18.1 Å². The smallest absolute Gasteiger partial charge is 0.410 e. The van der Waals surface area contributed by atoms with Crippen LogP contribution in [0.15, 0.2) is 24.3 Å². The van der Waals surface area contributed by atoms with Gasteiger partial charge in [0.1, 0.15) is 6.61 Å². The summed E-state index contributed by atoms with van der Waals surface area (Å²) in [4.78, 5) is 36.6. The van der Waals surface area contributed by atoms with Crippen molar-refractivity contribution in [3.63, 3.8) is 0 Å². The van der Waals surface area contributed by atoms with Crippen molar-refractivity contribution in [1.82, 2.24) is 10.2 Å². The number of hydrogen-bond donors (Lipinski definition) is 1. The zero-order valence-electron chi connectivity index (χ0n) is 21.0. The Hall–Kier alpha value is -2.50. The van der Waals surface area contributed by atoms with Crippen LogP contribution in [0.25, 0.3) is 0 Å². The molecule has 1 aromatic rings. The average molecular weight is 496 g/mol. The molecule has 190 valence electrons. The Labute approximate surface area is 202 Å². The number of nitrogens with zero attached hydrogens (tertiary/aromatic N) is 2. The van der Waals surface area contributed by atoms with E-state index in [1.807, 2.05) is 0 Å². The molecule has 1 aromatic carbocycles. The third kappa shape index (κ3) is 7.78. The highest BCUT2D eigenvalue weighted by Crippen LogP contribution is 2.39. The van der Waals surface area contributed by atoms with Gasteiger partial charge >= 0.3 is 12.1 Å². The van der Waals surface area contributed by atoms with E-state index >= 15 is 0 Å². The van der Waals surface area contributed by atoms with Crippen LogP contribution in [0.3, 0.4) is 0 Å². The largest absolute Gasteiger partial charge is 0.465 e. The lowest BCUT2D eigenvalue weighted by Gasteiger charge is -2.38. The van der Waals surface area contributed by atoms with Crippen molar-refractivity contribution in [3.05, 3.63) is 39.9 Å². The molecule has 1 N–H and O–H groups in total. The first kappa shape index (κ1) is 27.7. The molecule has 1 heterocycles. The Morgan fingerprint density at radius 3 is 2.41 bits per heavy atom. The number of benzene rings is 1. The highest BCUT2D eigenvalue weighted by Gasteiger charge is 2.44. The van der Waals surface area contributed by atoms with Crippen LogP contribution in [0.5, 0.6) is 0 Å². The predicted octanol–water partition coefficient (Wildman–Crippen LogP) is 3.85. The Bertz CT molecular complexity index is 855. The number of nitro benzene ring substituents is 1. The van der Waals surface area contributed by atoms with Gasteiger partial charge in [-0.05, 0) is 49.2 Å². The number of carbonyl (C=O) groups is 2. The molecule has 1 aliphatic rings. The van der Waals surface area contributed by atoms with Gasteiger partial charge in [0.15, 0.2) is 8.32 Å². The molecule has 1 aliphatic heterocycles. The minimum Gasteiger partial charge on any atom is -0.465 e. The van der Waals surface area contributed by atoms with E-state index in [1.54, 1.807) is 24.0 Å². The van der Waals surface area contributed by atoms with Gasteiger partial charge in [-0.15, -0.1) is 0 Å². The van der Waals surface area contributed by atoms with Crippen LogP contribution in [-0.4, -0.2) is 68.6 Å². The van der Waals surface area contributed by atoms with Crippen LogP contribution in [0, 0.1) is 10.1 Å². The van der Waals surface area contributed by atoms with Gasteiger partial charge in [-0.2, -0.15) is 0 Å². The topological polar surface area (TPSA) is 120 Å². The Morgan fingerprint density at radius 2 is 1.85 bits per heavy atom. The van der Waals surface area contributed by atoms with Crippen molar-refractivity contribution in [1.29, 1.82) is 0 Å². The van der Waals surface area contributed by atoms with Crippen molar-refractivity contribution in [2.24, 2.45) is 0 Å². The number of likely N-dealkylation sites (tertiary alicyclic amines) is 1. The van der Waals surface area contributed by atoms with Gasteiger partial charge < -0.3 is 24.1 Å². The molecule has 1 saturated heterocycles. The second-order valence-electron chi connectivity index (χ2n) is 9.96. The first-order valence-electron chi connectivity index (χ1n) is 11.5. The van der Waals surface area contributed by atoms with Crippen molar-refractivity contribution < 1.29 is 28.4 Å². The summed E-state index contributed by atoms with van der Waals surface area (Å²) in [7, 11) is -2.04. The van der Waals surface area contributed by atoms with E-state index in [2.05, 4.69) is 39.2 Å². The molecule has 1 amide bonds. The maximum absolute atomic E-state index is 12.9. The molecule has 2 atom stereocenters. The summed E-state index contributed by atoms with van der Waals surface area (Å²) in [5, 5.41) is 13.9. The van der Waals surface area contributed by atoms with Gasteiger partial charge in [-0.1, -0.05) is 20.8 Å². The number of nitro groups is 1. The molecule has 0 saturated carbocycles. The molecule has 0 bridgehead atoms. The maximum Gasteiger partial charge on any atom is 0.410 e. The van der Waals surface area contributed by atoms with Gasteiger partial charge in [0.05, 0.1) is 30.2 Å². The number of non-ortho nitro benzene ring substituents is 1. The predicted molar refractivity (Wildman–Crippen MR) is 130 cm³/mol. The normalized spacial score (nSPS) is 18.6. The molecule has 1 fully saturated rings. The molecular weight excluding hydrogens is 458 g/mol. The lowest BCUT2D eigenvalue weighted by atomic mass is 10.2. The van der Waals surface area contributed by atoms with E-state index in [1.165, 1.54) is 12.1 Å². The summed E-state index contributed by atoms with van der Waals surface area (Å²) >= 11 is 0. The number of ether oxygens (including phenoxy) is 2. The quantitative estimate of drug-likeness (QED) is 0.225. The number of hydrogen-bond acceptors (Lipinski definition) is 8. The summed E-state index contributed by atoms with van der Waals surface area (Å²) in [5.74, 6) is -0.345. The first-order valence-corrected chi connectivity index (χ1v) is 14.5. The number of esters is 1. The lowest BCUT2D eigenvalue weighted by Crippen LogP contribution is -2.45. The van der Waals surface area contributed by atoms with Gasteiger partial charge in [-0.25, -0.2) is 4.79 Å². The third-order valence-corrected chi connectivity index (χ3v) is 10.9. The fourth-order valence-electron chi connectivity index (χ4n) is 3.46. The molecule has 0 aliphatic carbocycles. The standard InChI is InChI=1S/C23H37N3O7Si/c1-7-31-21(27)14-24-13-19-12-20(33-34(5,6)23(2,3)4)15-25(19)22(28)32-16-17-8-10-18(11-9-17)26(29)30/h8-11,19-20,24H,7,12-16H2,1-6H3. The molecule has 2 rings (SSSR count). The van der Waals surface area contributed by atoms with Crippen molar-refractivity contribution >= 4 is 26.1 Å². The van der Waals surface area contributed by atoms with Crippen molar-refractivity contribution in [3.8, 4) is 0 Å². The molecular formula is C23H37N3O7Si. The molecule has 0 spiro atoms. The van der Waals surface area contributed by atoms with E-state index in [4.69, 9.17) is 13.9 Å². The summed E-state index contributed by atoms with van der Waals surface area (Å²) in [6.07, 6.45) is 0.0273. The highest BCUT2D eigenvalue weighted by molar-refractivity contribution is 6.74. The van der Waals surface area contributed by atoms with E-state index < -0.39 is 19.3 Å². The Kier molecular flexibility index (Phi) is 9.60. The molecule has 0 aromatic heterocycles. The summed E-state index contributed by atoms with van der Waals surface area (Å²) in [6.45, 7) is 13.8. The van der Waals surface area contributed by atoms with Crippen LogP contribution < -0.4 is 5.32 Å². The van der Waals surface area contributed by atoms with Crippen LogP contribution in [0.4, 0.5) is 10.5 Å². The van der Waals surface area contributed by atoms with Crippen LogP contribution >= 0.6 is 0 Å². The van der Waals surface area contributed by atoms with Gasteiger partial charge in [0.25, 0.3) is 5.69 Å². The van der Waals surface area contributed by atoms with E-state index in [0.717, 1.165) is 0 Å². The first-order chi connectivity index (χ1) is 15.8. The molecule has 0 radical (unpaired) electrons. The number of nitrogens with one attached hydrogen (secondary N) is 1. The monoisotopic (exact) mass is 495 g/mol. The fraction of sp³-hybridized carbons (Fsp3) is 0.652. The van der Waals surface area contributed by atoms with Crippen LogP contribution in [-0.2, 0) is 25.3 Å². The Balaban J connectivity index is 2.03. The molecule has 10 nitrogen and oxygen atoms in total. The molecule has 2 unspecified atom stereocenters. The number of rotatable bonds is 10. The van der Waals surface area contributed by atoms with Crippen molar-refractivity contribution in [2.45, 2.75) is 71.0 Å². The Morgan fingerprint density at radius 1 is 1.21 bits per heavy atom. The molecule has 11 heteroatoms. The summed E-state index contributed by atoms with van der Waals surface area (Å²) in [6, 6.07) is 5.69. The molecule has 34 heavy (non-hydrogen) atoms.